The zero-order valence-electron chi connectivity index (χ0n) is 11.2. The summed E-state index contributed by atoms with van der Waals surface area (Å²) in [5.74, 6) is -0.724. The number of amides is 2. The second kappa shape index (κ2) is 4.93. The van der Waals surface area contributed by atoms with Crippen LogP contribution in [0.3, 0.4) is 0 Å². The fraction of sp³-hybridized carbons (Fsp3) is 0.176. The Balaban J connectivity index is 2.15. The number of hydrogen-bond donors (Lipinski definition) is 0. The topological polar surface area (TPSA) is 37.4 Å². The summed E-state index contributed by atoms with van der Waals surface area (Å²) in [6.45, 7) is 1.81. The largest absolute Gasteiger partial charge is 0.278 e. The minimum Gasteiger partial charge on any atom is -0.278 e. The number of fused-ring (bicyclic) bond motifs is 1. The van der Waals surface area contributed by atoms with Gasteiger partial charge in [0.25, 0.3) is 0 Å². The predicted molar refractivity (Wildman–Crippen MR) is 76.0 cm³/mol. The van der Waals surface area contributed by atoms with Crippen LogP contribution in [0.15, 0.2) is 54.6 Å². The smallest absolute Gasteiger partial charge is 0.241 e. The van der Waals surface area contributed by atoms with E-state index in [9.17, 15) is 9.59 Å². The molecule has 0 spiro atoms. The summed E-state index contributed by atoms with van der Waals surface area (Å²) in [6.07, 6.45) is 0. The van der Waals surface area contributed by atoms with Gasteiger partial charge in [-0.1, -0.05) is 54.6 Å². The van der Waals surface area contributed by atoms with Crippen LogP contribution >= 0.6 is 0 Å². The SMILES string of the molecule is CC(=O)N1Cc2ccccc2[C@H](c2ccccc2)C1=O. The summed E-state index contributed by atoms with van der Waals surface area (Å²) >= 11 is 0. The van der Waals surface area contributed by atoms with Crippen LogP contribution in [-0.4, -0.2) is 16.7 Å². The molecule has 1 atom stereocenters. The fourth-order valence-corrected chi connectivity index (χ4v) is 2.73. The summed E-state index contributed by atoms with van der Waals surface area (Å²) in [4.78, 5) is 25.7. The van der Waals surface area contributed by atoms with Crippen LogP contribution in [0.25, 0.3) is 0 Å². The first-order chi connectivity index (χ1) is 9.68. The summed E-state index contributed by atoms with van der Waals surface area (Å²) in [5, 5.41) is 0. The minimum absolute atomic E-state index is 0.137. The number of carbonyl (C=O) groups is 2. The van der Waals surface area contributed by atoms with E-state index in [4.69, 9.17) is 0 Å². The van der Waals surface area contributed by atoms with Crippen LogP contribution in [0.4, 0.5) is 0 Å². The second-order valence-electron chi connectivity index (χ2n) is 4.99. The van der Waals surface area contributed by atoms with E-state index < -0.39 is 0 Å². The number of rotatable bonds is 1. The number of benzene rings is 2. The van der Waals surface area contributed by atoms with Crippen LogP contribution in [0, 0.1) is 0 Å². The first-order valence-electron chi connectivity index (χ1n) is 6.63. The molecule has 2 aromatic carbocycles. The Morgan fingerprint density at radius 1 is 1.05 bits per heavy atom. The van der Waals surface area contributed by atoms with Gasteiger partial charge in [0.1, 0.15) is 0 Å². The lowest BCUT2D eigenvalue weighted by Gasteiger charge is -2.32. The van der Waals surface area contributed by atoms with Gasteiger partial charge in [0.2, 0.25) is 11.8 Å². The number of carbonyl (C=O) groups excluding carboxylic acids is 2. The zero-order chi connectivity index (χ0) is 14.1. The van der Waals surface area contributed by atoms with Gasteiger partial charge in [-0.15, -0.1) is 0 Å². The molecular formula is C17H15NO2. The predicted octanol–water partition coefficient (Wildman–Crippen LogP) is 2.71. The highest BCUT2D eigenvalue weighted by atomic mass is 16.2. The fourth-order valence-electron chi connectivity index (χ4n) is 2.73. The molecule has 0 saturated heterocycles. The van der Waals surface area contributed by atoms with Gasteiger partial charge in [0.05, 0.1) is 12.5 Å². The lowest BCUT2D eigenvalue weighted by Crippen LogP contribution is -2.42. The van der Waals surface area contributed by atoms with E-state index in [0.29, 0.717) is 6.54 Å². The Bertz CT molecular complexity index is 664. The normalized spacial score (nSPS) is 17.8. The van der Waals surface area contributed by atoms with E-state index >= 15 is 0 Å². The summed E-state index contributed by atoms with van der Waals surface area (Å²) in [5.41, 5.74) is 2.97. The minimum atomic E-state index is -0.384. The molecule has 0 N–H and O–H groups in total. The van der Waals surface area contributed by atoms with Crippen LogP contribution in [0.1, 0.15) is 29.5 Å². The third-order valence-electron chi connectivity index (χ3n) is 3.72. The van der Waals surface area contributed by atoms with Crippen molar-refractivity contribution >= 4 is 11.8 Å². The molecule has 0 radical (unpaired) electrons. The van der Waals surface area contributed by atoms with Crippen molar-refractivity contribution in [2.24, 2.45) is 0 Å². The van der Waals surface area contributed by atoms with Crippen LogP contribution in [0.5, 0.6) is 0 Å². The highest BCUT2D eigenvalue weighted by molar-refractivity contribution is 6.00. The Morgan fingerprint density at radius 2 is 1.70 bits per heavy atom. The summed E-state index contributed by atoms with van der Waals surface area (Å²) in [6, 6.07) is 17.4. The molecule has 3 rings (SSSR count). The molecule has 3 nitrogen and oxygen atoms in total. The van der Waals surface area contributed by atoms with Crippen molar-refractivity contribution in [2.75, 3.05) is 0 Å². The molecule has 1 heterocycles. The molecular weight excluding hydrogens is 250 g/mol. The Morgan fingerprint density at radius 3 is 2.40 bits per heavy atom. The molecule has 2 amide bonds. The number of imide groups is 1. The van der Waals surface area contributed by atoms with Crippen LogP contribution in [-0.2, 0) is 16.1 Å². The van der Waals surface area contributed by atoms with E-state index in [0.717, 1.165) is 16.7 Å². The Labute approximate surface area is 117 Å². The summed E-state index contributed by atoms with van der Waals surface area (Å²) in [7, 11) is 0. The molecule has 1 aliphatic rings. The van der Waals surface area contributed by atoms with Crippen molar-refractivity contribution in [1.82, 2.24) is 4.90 Å². The molecule has 1 aliphatic heterocycles. The van der Waals surface area contributed by atoms with Crippen molar-refractivity contribution in [3.63, 3.8) is 0 Å². The van der Waals surface area contributed by atoms with Gasteiger partial charge >= 0.3 is 0 Å². The van der Waals surface area contributed by atoms with Gasteiger partial charge in [-0.3, -0.25) is 14.5 Å². The van der Waals surface area contributed by atoms with Crippen LogP contribution in [0.2, 0.25) is 0 Å². The molecule has 0 aliphatic carbocycles. The molecule has 100 valence electrons. The average Bonchev–Trinajstić information content (AvgIpc) is 2.47. The lowest BCUT2D eigenvalue weighted by molar-refractivity contribution is -0.145. The van der Waals surface area contributed by atoms with Gasteiger partial charge in [-0.25, -0.2) is 0 Å². The highest BCUT2D eigenvalue weighted by Crippen LogP contribution is 2.34. The van der Waals surface area contributed by atoms with Gasteiger partial charge in [-0.2, -0.15) is 0 Å². The van der Waals surface area contributed by atoms with E-state index in [-0.39, 0.29) is 17.7 Å². The first kappa shape index (κ1) is 12.6. The molecule has 3 heteroatoms. The van der Waals surface area contributed by atoms with Crippen molar-refractivity contribution in [2.45, 2.75) is 19.4 Å². The molecule has 0 bridgehead atoms. The molecule has 0 saturated carbocycles. The van der Waals surface area contributed by atoms with Crippen LogP contribution < -0.4 is 0 Å². The standard InChI is InChI=1S/C17H15NO2/c1-12(19)18-11-14-9-5-6-10-15(14)16(17(18)20)13-7-3-2-4-8-13/h2-10,16H,11H2,1H3/t16-/m0/s1. The molecule has 2 aromatic rings. The third-order valence-corrected chi connectivity index (χ3v) is 3.72. The van der Waals surface area contributed by atoms with Crippen molar-refractivity contribution in [3.05, 3.63) is 71.3 Å². The van der Waals surface area contributed by atoms with Crippen molar-refractivity contribution in [1.29, 1.82) is 0 Å². The third kappa shape index (κ3) is 2.01. The van der Waals surface area contributed by atoms with E-state index in [1.54, 1.807) is 0 Å². The summed E-state index contributed by atoms with van der Waals surface area (Å²) < 4.78 is 0. The van der Waals surface area contributed by atoms with E-state index in [1.165, 1.54) is 11.8 Å². The zero-order valence-corrected chi connectivity index (χ0v) is 11.2. The maximum absolute atomic E-state index is 12.6. The maximum Gasteiger partial charge on any atom is 0.241 e. The van der Waals surface area contributed by atoms with Gasteiger partial charge in [0, 0.05) is 6.92 Å². The first-order valence-corrected chi connectivity index (χ1v) is 6.63. The molecule has 0 fully saturated rings. The van der Waals surface area contributed by atoms with Gasteiger partial charge in [-0.05, 0) is 16.7 Å². The maximum atomic E-state index is 12.6. The van der Waals surface area contributed by atoms with Gasteiger partial charge in [0.15, 0.2) is 0 Å². The van der Waals surface area contributed by atoms with E-state index in [2.05, 4.69) is 0 Å². The molecule has 20 heavy (non-hydrogen) atoms. The second-order valence-corrected chi connectivity index (χ2v) is 4.99. The quantitative estimate of drug-likeness (QED) is 0.795. The van der Waals surface area contributed by atoms with Crippen molar-refractivity contribution < 1.29 is 9.59 Å². The van der Waals surface area contributed by atoms with Crippen molar-refractivity contribution in [3.8, 4) is 0 Å². The number of nitrogens with zero attached hydrogens (tertiary/aromatic N) is 1. The van der Waals surface area contributed by atoms with E-state index in [1.807, 2.05) is 54.6 Å². The monoisotopic (exact) mass is 265 g/mol. The highest BCUT2D eigenvalue weighted by Gasteiger charge is 2.35. The number of hydrogen-bond acceptors (Lipinski definition) is 2. The molecule has 0 aromatic heterocycles. The Kier molecular flexibility index (Phi) is 3.11. The Hall–Kier alpha value is -2.42. The lowest BCUT2D eigenvalue weighted by atomic mass is 9.84. The average molecular weight is 265 g/mol. The molecule has 0 unspecified atom stereocenters. The van der Waals surface area contributed by atoms with Gasteiger partial charge < -0.3 is 0 Å².